The van der Waals surface area contributed by atoms with Crippen molar-refractivity contribution < 1.29 is 9.15 Å². The molecule has 4 aromatic rings. The molecule has 3 heteroatoms. The second kappa shape index (κ2) is 7.61. The quantitative estimate of drug-likeness (QED) is 0.297. The van der Waals surface area contributed by atoms with Gasteiger partial charge in [0.25, 0.3) is 0 Å². The van der Waals surface area contributed by atoms with Gasteiger partial charge in [0.1, 0.15) is 17.3 Å². The summed E-state index contributed by atoms with van der Waals surface area (Å²) in [6.07, 6.45) is 0. The Bertz CT molecular complexity index is 1060. The lowest BCUT2D eigenvalue weighted by Crippen LogP contribution is -1.83. The molecule has 1 aromatic heterocycles. The molecule has 0 saturated carbocycles. The van der Waals surface area contributed by atoms with Crippen LogP contribution in [-0.4, -0.2) is 7.11 Å². The van der Waals surface area contributed by atoms with Crippen LogP contribution < -0.4 is 4.74 Å². The van der Waals surface area contributed by atoms with Gasteiger partial charge in [-0.25, -0.2) is 0 Å². The van der Waals surface area contributed by atoms with Crippen LogP contribution in [0, 0.1) is 10.5 Å². The molecular formula is C24H19IO2. The Morgan fingerprint density at radius 1 is 0.778 bits per heavy atom. The van der Waals surface area contributed by atoms with E-state index in [1.165, 1.54) is 9.13 Å². The Morgan fingerprint density at radius 3 is 2.11 bits per heavy atom. The summed E-state index contributed by atoms with van der Waals surface area (Å²) in [6, 6.07) is 27.0. The van der Waals surface area contributed by atoms with Gasteiger partial charge in [-0.15, -0.1) is 0 Å². The number of rotatable bonds is 4. The maximum Gasteiger partial charge on any atom is 0.142 e. The number of benzene rings is 3. The van der Waals surface area contributed by atoms with Gasteiger partial charge in [0, 0.05) is 20.3 Å². The lowest BCUT2D eigenvalue weighted by Gasteiger charge is -2.05. The van der Waals surface area contributed by atoms with E-state index in [2.05, 4.69) is 84.1 Å². The molecule has 27 heavy (non-hydrogen) atoms. The summed E-state index contributed by atoms with van der Waals surface area (Å²) in [4.78, 5) is 0. The Morgan fingerprint density at radius 2 is 1.44 bits per heavy atom. The highest BCUT2D eigenvalue weighted by Crippen LogP contribution is 2.40. The van der Waals surface area contributed by atoms with Crippen LogP contribution in [0.5, 0.6) is 5.75 Å². The maximum atomic E-state index is 6.38. The zero-order valence-electron chi connectivity index (χ0n) is 15.2. The summed E-state index contributed by atoms with van der Waals surface area (Å²) in [5, 5.41) is 0. The van der Waals surface area contributed by atoms with E-state index in [0.29, 0.717) is 0 Å². The van der Waals surface area contributed by atoms with Crippen molar-refractivity contribution in [1.29, 1.82) is 0 Å². The number of halogens is 1. The Balaban J connectivity index is 1.89. The molecule has 0 aliphatic carbocycles. The molecule has 0 fully saturated rings. The molecule has 2 nitrogen and oxygen atoms in total. The van der Waals surface area contributed by atoms with Crippen LogP contribution in [0.1, 0.15) is 5.56 Å². The van der Waals surface area contributed by atoms with E-state index >= 15 is 0 Å². The summed E-state index contributed by atoms with van der Waals surface area (Å²) in [5.74, 6) is 2.60. The van der Waals surface area contributed by atoms with Crippen molar-refractivity contribution in [3.05, 3.63) is 88.0 Å². The van der Waals surface area contributed by atoms with Gasteiger partial charge in [-0.2, -0.15) is 0 Å². The Hall–Kier alpha value is -2.53. The first-order chi connectivity index (χ1) is 13.2. The van der Waals surface area contributed by atoms with Gasteiger partial charge in [-0.05, 0) is 59.3 Å². The zero-order chi connectivity index (χ0) is 18.8. The van der Waals surface area contributed by atoms with E-state index < -0.39 is 0 Å². The van der Waals surface area contributed by atoms with E-state index in [4.69, 9.17) is 9.15 Å². The highest BCUT2D eigenvalue weighted by Gasteiger charge is 2.17. The number of hydrogen-bond acceptors (Lipinski definition) is 2. The highest BCUT2D eigenvalue weighted by molar-refractivity contribution is 14.1. The Kier molecular flexibility index (Phi) is 5.03. The third-order valence-corrected chi connectivity index (χ3v) is 5.53. The molecule has 134 valence electrons. The second-order valence-corrected chi connectivity index (χ2v) is 7.59. The van der Waals surface area contributed by atoms with Crippen molar-refractivity contribution in [2.24, 2.45) is 0 Å². The molecule has 3 aromatic carbocycles. The summed E-state index contributed by atoms with van der Waals surface area (Å²) in [5.41, 5.74) is 5.59. The van der Waals surface area contributed by atoms with E-state index in [0.717, 1.165) is 39.5 Å². The van der Waals surface area contributed by atoms with Crippen LogP contribution in [0.2, 0.25) is 0 Å². The normalized spacial score (nSPS) is 10.8. The number of aryl methyl sites for hydroxylation is 1. The smallest absolute Gasteiger partial charge is 0.142 e. The van der Waals surface area contributed by atoms with Crippen molar-refractivity contribution in [1.82, 2.24) is 0 Å². The Labute approximate surface area is 173 Å². The van der Waals surface area contributed by atoms with Crippen LogP contribution in [0.3, 0.4) is 0 Å². The number of ether oxygens (including phenoxy) is 1. The monoisotopic (exact) mass is 466 g/mol. The molecule has 0 N–H and O–H groups in total. The summed E-state index contributed by atoms with van der Waals surface area (Å²) in [7, 11) is 1.68. The largest absolute Gasteiger partial charge is 0.497 e. The van der Waals surface area contributed by atoms with E-state index in [1.807, 2.05) is 24.3 Å². The topological polar surface area (TPSA) is 22.4 Å². The minimum Gasteiger partial charge on any atom is -0.497 e. The maximum absolute atomic E-state index is 6.38. The minimum atomic E-state index is 0.844. The molecule has 0 aliphatic heterocycles. The fraction of sp³-hybridized carbons (Fsp3) is 0.0833. The van der Waals surface area contributed by atoms with Crippen LogP contribution in [0.15, 0.2) is 83.3 Å². The van der Waals surface area contributed by atoms with Crippen LogP contribution in [-0.2, 0) is 0 Å². The average Bonchev–Trinajstić information content (AvgIpc) is 3.14. The number of hydrogen-bond donors (Lipinski definition) is 0. The molecular weight excluding hydrogens is 447 g/mol. The standard InChI is InChI=1S/C24H19IO2/c1-16-7-9-18(10-8-16)24-21(17-11-13-19(26-2)14-12-17)15-23(27-24)20-5-3-4-6-22(20)25/h3-15H,1-2H3. The van der Waals surface area contributed by atoms with Gasteiger partial charge in [0.05, 0.1) is 7.11 Å². The third-order valence-electron chi connectivity index (χ3n) is 4.59. The van der Waals surface area contributed by atoms with Gasteiger partial charge in [-0.1, -0.05) is 60.2 Å². The molecule has 4 rings (SSSR count). The molecule has 0 spiro atoms. The van der Waals surface area contributed by atoms with Crippen molar-refractivity contribution >= 4 is 22.6 Å². The molecule has 0 radical (unpaired) electrons. The van der Waals surface area contributed by atoms with E-state index in [1.54, 1.807) is 7.11 Å². The SMILES string of the molecule is COc1ccc(-c2cc(-c3ccccc3I)oc2-c2ccc(C)cc2)cc1. The molecule has 0 aliphatic rings. The van der Waals surface area contributed by atoms with Crippen LogP contribution in [0.25, 0.3) is 33.8 Å². The third kappa shape index (κ3) is 3.65. The van der Waals surface area contributed by atoms with Crippen molar-refractivity contribution in [2.75, 3.05) is 7.11 Å². The van der Waals surface area contributed by atoms with Gasteiger partial charge >= 0.3 is 0 Å². The number of methoxy groups -OCH3 is 1. The van der Waals surface area contributed by atoms with Crippen LogP contribution in [0.4, 0.5) is 0 Å². The van der Waals surface area contributed by atoms with Crippen molar-refractivity contribution in [2.45, 2.75) is 6.92 Å². The van der Waals surface area contributed by atoms with Gasteiger partial charge in [-0.3, -0.25) is 0 Å². The molecule has 0 unspecified atom stereocenters. The fourth-order valence-electron chi connectivity index (χ4n) is 3.09. The zero-order valence-corrected chi connectivity index (χ0v) is 17.4. The summed E-state index contributed by atoms with van der Waals surface area (Å²) >= 11 is 2.35. The van der Waals surface area contributed by atoms with Gasteiger partial charge in [0.2, 0.25) is 0 Å². The molecule has 0 atom stereocenters. The van der Waals surface area contributed by atoms with Crippen LogP contribution >= 0.6 is 22.6 Å². The molecule has 1 heterocycles. The predicted octanol–water partition coefficient (Wildman–Crippen LogP) is 7.20. The number of furan rings is 1. The van der Waals surface area contributed by atoms with Crippen molar-refractivity contribution in [3.8, 4) is 39.5 Å². The molecule has 0 bridgehead atoms. The first-order valence-electron chi connectivity index (χ1n) is 8.76. The van der Waals surface area contributed by atoms with Crippen molar-refractivity contribution in [3.63, 3.8) is 0 Å². The minimum absolute atomic E-state index is 0.844. The molecule has 0 saturated heterocycles. The van der Waals surface area contributed by atoms with E-state index in [-0.39, 0.29) is 0 Å². The lowest BCUT2D eigenvalue weighted by atomic mass is 10.0. The second-order valence-electron chi connectivity index (χ2n) is 6.43. The first-order valence-corrected chi connectivity index (χ1v) is 9.84. The average molecular weight is 466 g/mol. The fourth-order valence-corrected chi connectivity index (χ4v) is 3.74. The summed E-state index contributed by atoms with van der Waals surface area (Å²) < 4.78 is 12.8. The summed E-state index contributed by atoms with van der Waals surface area (Å²) in [6.45, 7) is 2.09. The highest BCUT2D eigenvalue weighted by atomic mass is 127. The lowest BCUT2D eigenvalue weighted by molar-refractivity contribution is 0.415. The molecule has 0 amide bonds. The van der Waals surface area contributed by atoms with Gasteiger partial charge < -0.3 is 9.15 Å². The predicted molar refractivity (Wildman–Crippen MR) is 119 cm³/mol. The first kappa shape index (κ1) is 17.9. The van der Waals surface area contributed by atoms with Gasteiger partial charge in [0.15, 0.2) is 0 Å². The van der Waals surface area contributed by atoms with E-state index in [9.17, 15) is 0 Å².